The number of amides is 1. The average molecular weight is 361 g/mol. The lowest BCUT2D eigenvalue weighted by molar-refractivity contribution is 0.0921. The molecule has 0 saturated carbocycles. The summed E-state index contributed by atoms with van der Waals surface area (Å²) in [6.07, 6.45) is 2.76. The van der Waals surface area contributed by atoms with Gasteiger partial charge in [-0.2, -0.15) is 0 Å². The fraction of sp³-hybridized carbons (Fsp3) is 0.462. The molecule has 1 aromatic rings. The Kier molecular flexibility index (Phi) is 4.82. The van der Waals surface area contributed by atoms with Gasteiger partial charge in [-0.15, -0.1) is 0 Å². The Morgan fingerprint density at radius 3 is 2.85 bits per heavy atom. The first-order valence-electron chi connectivity index (χ1n) is 6.38. The Balaban J connectivity index is 2.01. The molecule has 0 bridgehead atoms. The van der Waals surface area contributed by atoms with Crippen molar-refractivity contribution in [3.8, 4) is 0 Å². The molecule has 0 aromatic heterocycles. The largest absolute Gasteiger partial charge is 0.348 e. The van der Waals surface area contributed by atoms with Crippen LogP contribution in [0.2, 0.25) is 0 Å². The number of nitrogens with zero attached hydrogens (tertiary/aromatic N) is 1. The second kappa shape index (κ2) is 6.24. The topological polar surface area (TPSA) is 66.5 Å². The van der Waals surface area contributed by atoms with E-state index in [1.807, 2.05) is 6.07 Å². The molecule has 0 radical (unpaired) electrons. The molecule has 20 heavy (non-hydrogen) atoms. The van der Waals surface area contributed by atoms with E-state index in [-0.39, 0.29) is 11.9 Å². The van der Waals surface area contributed by atoms with Crippen LogP contribution in [0.5, 0.6) is 0 Å². The molecular formula is C13H17BrN2O3S. The quantitative estimate of drug-likeness (QED) is 0.890. The van der Waals surface area contributed by atoms with Gasteiger partial charge < -0.3 is 5.32 Å². The molecule has 1 saturated heterocycles. The predicted octanol–water partition coefficient (Wildman–Crippen LogP) is 1.60. The molecule has 1 unspecified atom stereocenters. The summed E-state index contributed by atoms with van der Waals surface area (Å²) in [5.74, 6) is -0.174. The molecule has 7 heteroatoms. The molecule has 1 atom stereocenters. The summed E-state index contributed by atoms with van der Waals surface area (Å²) in [6.45, 7) is 0.876. The van der Waals surface area contributed by atoms with Crippen LogP contribution < -0.4 is 5.32 Å². The maximum atomic E-state index is 12.1. The smallest absolute Gasteiger partial charge is 0.251 e. The lowest BCUT2D eigenvalue weighted by Crippen LogP contribution is -2.49. The Morgan fingerprint density at radius 1 is 1.45 bits per heavy atom. The minimum Gasteiger partial charge on any atom is -0.348 e. The van der Waals surface area contributed by atoms with Crippen molar-refractivity contribution >= 4 is 31.9 Å². The van der Waals surface area contributed by atoms with E-state index in [0.717, 1.165) is 17.3 Å². The number of hydrogen-bond acceptors (Lipinski definition) is 3. The third kappa shape index (κ3) is 4.04. The molecular weight excluding hydrogens is 344 g/mol. The van der Waals surface area contributed by atoms with E-state index in [2.05, 4.69) is 21.2 Å². The number of benzene rings is 1. The number of rotatable bonds is 3. The van der Waals surface area contributed by atoms with Crippen LogP contribution in [0.3, 0.4) is 0 Å². The fourth-order valence-electron chi connectivity index (χ4n) is 2.26. The Hall–Kier alpha value is -0.920. The second-order valence-electron chi connectivity index (χ2n) is 4.94. The number of carbonyl (C=O) groups excluding carboxylic acids is 1. The number of halogens is 1. The van der Waals surface area contributed by atoms with Gasteiger partial charge in [0, 0.05) is 29.2 Å². The molecule has 0 spiro atoms. The van der Waals surface area contributed by atoms with Gasteiger partial charge in [0.2, 0.25) is 10.0 Å². The van der Waals surface area contributed by atoms with Crippen LogP contribution in [-0.4, -0.2) is 44.0 Å². The van der Waals surface area contributed by atoms with Crippen molar-refractivity contribution in [2.75, 3.05) is 19.3 Å². The highest BCUT2D eigenvalue weighted by atomic mass is 79.9. The van der Waals surface area contributed by atoms with Crippen molar-refractivity contribution < 1.29 is 13.2 Å². The van der Waals surface area contributed by atoms with Crippen LogP contribution in [0.4, 0.5) is 0 Å². The highest BCUT2D eigenvalue weighted by Crippen LogP contribution is 2.15. The number of piperidine rings is 1. The Labute approximate surface area is 127 Å². The lowest BCUT2D eigenvalue weighted by Gasteiger charge is -2.31. The van der Waals surface area contributed by atoms with Gasteiger partial charge in [-0.1, -0.05) is 22.0 Å². The first-order chi connectivity index (χ1) is 9.36. The first-order valence-corrected chi connectivity index (χ1v) is 9.02. The first kappa shape index (κ1) is 15.5. The van der Waals surface area contributed by atoms with E-state index in [0.29, 0.717) is 18.7 Å². The van der Waals surface area contributed by atoms with Gasteiger partial charge in [-0.05, 0) is 31.0 Å². The monoisotopic (exact) mass is 360 g/mol. The lowest BCUT2D eigenvalue weighted by atomic mass is 10.1. The number of hydrogen-bond donors (Lipinski definition) is 1. The molecule has 1 N–H and O–H groups in total. The van der Waals surface area contributed by atoms with Gasteiger partial charge in [0.05, 0.1) is 6.26 Å². The van der Waals surface area contributed by atoms with E-state index in [9.17, 15) is 13.2 Å². The molecule has 5 nitrogen and oxygen atoms in total. The summed E-state index contributed by atoms with van der Waals surface area (Å²) >= 11 is 3.32. The van der Waals surface area contributed by atoms with Crippen LogP contribution in [0.1, 0.15) is 23.2 Å². The SMILES string of the molecule is CS(=O)(=O)N1CCCC(NC(=O)c2cccc(Br)c2)C1. The summed E-state index contributed by atoms with van der Waals surface area (Å²) in [4.78, 5) is 12.1. The van der Waals surface area contributed by atoms with Gasteiger partial charge in [0.15, 0.2) is 0 Å². The van der Waals surface area contributed by atoms with E-state index in [1.165, 1.54) is 10.6 Å². The van der Waals surface area contributed by atoms with Crippen molar-refractivity contribution in [3.63, 3.8) is 0 Å². The Morgan fingerprint density at radius 2 is 2.20 bits per heavy atom. The van der Waals surface area contributed by atoms with Crippen LogP contribution >= 0.6 is 15.9 Å². The zero-order chi connectivity index (χ0) is 14.8. The summed E-state index contributed by atoms with van der Waals surface area (Å²) in [5, 5.41) is 2.90. The standard InChI is InChI=1S/C13H17BrN2O3S/c1-20(18,19)16-7-3-6-12(9-16)15-13(17)10-4-2-5-11(14)8-10/h2,4-5,8,12H,3,6-7,9H2,1H3,(H,15,17). The molecule has 1 fully saturated rings. The zero-order valence-electron chi connectivity index (χ0n) is 11.2. The van der Waals surface area contributed by atoms with Gasteiger partial charge in [0.1, 0.15) is 0 Å². The fourth-order valence-corrected chi connectivity index (χ4v) is 3.57. The van der Waals surface area contributed by atoms with Crippen LogP contribution in [0, 0.1) is 0 Å². The average Bonchev–Trinajstić information content (AvgIpc) is 2.38. The van der Waals surface area contributed by atoms with Crippen molar-refractivity contribution in [3.05, 3.63) is 34.3 Å². The molecule has 1 amide bonds. The van der Waals surface area contributed by atoms with E-state index in [1.54, 1.807) is 18.2 Å². The zero-order valence-corrected chi connectivity index (χ0v) is 13.6. The molecule has 2 rings (SSSR count). The maximum Gasteiger partial charge on any atom is 0.251 e. The molecule has 1 aliphatic rings. The predicted molar refractivity (Wildman–Crippen MR) is 81.0 cm³/mol. The van der Waals surface area contributed by atoms with Crippen LogP contribution in [-0.2, 0) is 10.0 Å². The van der Waals surface area contributed by atoms with E-state index >= 15 is 0 Å². The number of carbonyl (C=O) groups is 1. The van der Waals surface area contributed by atoms with Crippen molar-refractivity contribution in [1.82, 2.24) is 9.62 Å². The molecule has 1 heterocycles. The minimum atomic E-state index is -3.19. The molecule has 0 aliphatic carbocycles. The number of sulfonamides is 1. The van der Waals surface area contributed by atoms with Crippen molar-refractivity contribution in [1.29, 1.82) is 0 Å². The third-order valence-corrected chi connectivity index (χ3v) is 5.04. The minimum absolute atomic E-state index is 0.134. The van der Waals surface area contributed by atoms with Gasteiger partial charge in [0.25, 0.3) is 5.91 Å². The summed E-state index contributed by atoms with van der Waals surface area (Å²) in [7, 11) is -3.19. The molecule has 1 aliphatic heterocycles. The van der Waals surface area contributed by atoms with Crippen LogP contribution in [0.15, 0.2) is 28.7 Å². The van der Waals surface area contributed by atoms with Crippen molar-refractivity contribution in [2.45, 2.75) is 18.9 Å². The summed E-state index contributed by atoms with van der Waals surface area (Å²) in [6, 6.07) is 6.99. The highest BCUT2D eigenvalue weighted by molar-refractivity contribution is 9.10. The van der Waals surface area contributed by atoms with Gasteiger partial charge >= 0.3 is 0 Å². The third-order valence-electron chi connectivity index (χ3n) is 3.28. The van der Waals surface area contributed by atoms with E-state index in [4.69, 9.17) is 0 Å². The second-order valence-corrected chi connectivity index (χ2v) is 7.84. The van der Waals surface area contributed by atoms with Gasteiger partial charge in [-0.25, -0.2) is 12.7 Å². The maximum absolute atomic E-state index is 12.1. The summed E-state index contributed by atoms with van der Waals surface area (Å²) < 4.78 is 25.3. The van der Waals surface area contributed by atoms with Crippen LogP contribution in [0.25, 0.3) is 0 Å². The molecule has 1 aromatic carbocycles. The van der Waals surface area contributed by atoms with Crippen molar-refractivity contribution in [2.24, 2.45) is 0 Å². The Bertz CT molecular complexity index is 603. The van der Waals surface area contributed by atoms with E-state index < -0.39 is 10.0 Å². The highest BCUT2D eigenvalue weighted by Gasteiger charge is 2.26. The normalized spacial score (nSPS) is 20.6. The van der Waals surface area contributed by atoms with Gasteiger partial charge in [-0.3, -0.25) is 4.79 Å². The summed E-state index contributed by atoms with van der Waals surface area (Å²) in [5.41, 5.74) is 0.566. The molecule has 110 valence electrons. The number of nitrogens with one attached hydrogen (secondary N) is 1.